The van der Waals surface area contributed by atoms with Crippen LogP contribution >= 0.6 is 23.5 Å². The van der Waals surface area contributed by atoms with E-state index >= 15 is 0 Å². The Morgan fingerprint density at radius 1 is 0.372 bits per heavy atom. The van der Waals surface area contributed by atoms with Crippen LogP contribution in [0.2, 0.25) is 0 Å². The summed E-state index contributed by atoms with van der Waals surface area (Å²) in [6.45, 7) is 4.54. The van der Waals surface area contributed by atoms with Gasteiger partial charge in [0.15, 0.2) is 0 Å². The van der Waals surface area contributed by atoms with Crippen LogP contribution in [0.1, 0.15) is 194 Å². The van der Waals surface area contributed by atoms with Crippen molar-refractivity contribution in [2.45, 2.75) is 194 Å². The molecule has 0 atom stereocenters. The maximum atomic E-state index is 10.2. The summed E-state index contributed by atoms with van der Waals surface area (Å²) in [5.41, 5.74) is 0. The van der Waals surface area contributed by atoms with E-state index in [9.17, 15) is 19.8 Å². The Morgan fingerprint density at radius 3 is 0.744 bits per heavy atom. The average molecular weight is 690 g/mol. The summed E-state index contributed by atoms with van der Waals surface area (Å²) in [5, 5.41) is 20.4. The third kappa shape index (κ3) is 52.0. The Kier molecular flexibility index (Phi) is 48.9. The minimum absolute atomic E-state index is 0. The molecule has 0 saturated heterocycles. The number of hydrogen-bond donors (Lipinski definition) is 0. The van der Waals surface area contributed by atoms with E-state index in [4.69, 9.17) is 0 Å². The molecule has 43 heavy (non-hydrogen) atoms. The van der Waals surface area contributed by atoms with Gasteiger partial charge in [0.25, 0.3) is 0 Å². The molecule has 0 aromatic heterocycles. The molecule has 260 valence electrons. The van der Waals surface area contributed by atoms with Gasteiger partial charge >= 0.3 is 16.5 Å². The molecule has 0 aromatic carbocycles. The van der Waals surface area contributed by atoms with Crippen molar-refractivity contribution in [1.82, 2.24) is 0 Å². The predicted molar refractivity (Wildman–Crippen MR) is 185 cm³/mol. The number of aliphatic carboxylic acids is 2. The summed E-state index contributed by atoms with van der Waals surface area (Å²) in [6, 6.07) is 0. The topological polar surface area (TPSA) is 80.3 Å². The van der Waals surface area contributed by atoms with E-state index in [-0.39, 0.29) is 28.0 Å². The van der Waals surface area contributed by atoms with E-state index in [2.05, 4.69) is 13.8 Å². The summed E-state index contributed by atoms with van der Waals surface area (Å²) < 4.78 is 0. The summed E-state index contributed by atoms with van der Waals surface area (Å²) in [7, 11) is 0. The van der Waals surface area contributed by atoms with Gasteiger partial charge in [-0.25, -0.2) is 0 Å². The number of carboxylic acids is 2. The van der Waals surface area contributed by atoms with Crippen LogP contribution in [0.4, 0.5) is 0 Å². The molecule has 0 bridgehead atoms. The Bertz CT molecular complexity index is 491. The van der Waals surface area contributed by atoms with E-state index in [1.54, 1.807) is 0 Å². The third-order valence-electron chi connectivity index (χ3n) is 7.72. The van der Waals surface area contributed by atoms with Crippen LogP contribution < -0.4 is 10.2 Å². The van der Waals surface area contributed by atoms with Gasteiger partial charge in [0.1, 0.15) is 0 Å². The van der Waals surface area contributed by atoms with Crippen LogP contribution in [0.5, 0.6) is 0 Å². The second-order valence-electron chi connectivity index (χ2n) is 12.0. The molecule has 0 heterocycles. The van der Waals surface area contributed by atoms with Crippen molar-refractivity contribution in [2.75, 3.05) is 23.0 Å². The van der Waals surface area contributed by atoms with Crippen LogP contribution in [0, 0.1) is 0 Å². The van der Waals surface area contributed by atoms with Crippen LogP contribution in [0.15, 0.2) is 0 Å². The molecule has 0 unspecified atom stereocenters. The number of thioether (sulfide) groups is 2. The van der Waals surface area contributed by atoms with Gasteiger partial charge in [0.05, 0.1) is 11.9 Å². The molecule has 0 aromatic rings. The molecule has 0 saturated carbocycles. The Morgan fingerprint density at radius 2 is 0.558 bits per heavy atom. The molecular formula is C36H70NiO4S2. The number of carbonyl (C=O) groups excluding carboxylic acids is 2. The fraction of sp³-hybridized carbons (Fsp3) is 0.944. The molecule has 0 amide bonds. The average Bonchev–Trinajstić information content (AvgIpc) is 2.97. The van der Waals surface area contributed by atoms with Crippen molar-refractivity contribution in [2.24, 2.45) is 0 Å². The molecule has 0 rings (SSSR count). The first-order valence-corrected chi connectivity index (χ1v) is 20.4. The Hall–Kier alpha value is 0.134. The van der Waals surface area contributed by atoms with E-state index in [0.717, 1.165) is 24.3 Å². The van der Waals surface area contributed by atoms with Gasteiger partial charge < -0.3 is 19.8 Å². The molecule has 0 N–H and O–H groups in total. The van der Waals surface area contributed by atoms with Gasteiger partial charge in [-0.05, 0) is 24.3 Å². The molecule has 0 aliphatic heterocycles. The first-order valence-electron chi connectivity index (χ1n) is 18.1. The third-order valence-corrected chi connectivity index (χ3v) is 9.76. The first-order chi connectivity index (χ1) is 20.5. The second kappa shape index (κ2) is 44.3. The van der Waals surface area contributed by atoms with Gasteiger partial charge in [-0.3, -0.25) is 0 Å². The van der Waals surface area contributed by atoms with Crippen LogP contribution in [0.3, 0.4) is 0 Å². The molecule has 0 spiro atoms. The molecule has 0 fully saturated rings. The number of hydrogen-bond acceptors (Lipinski definition) is 6. The molecule has 7 heteroatoms. The zero-order valence-electron chi connectivity index (χ0n) is 28.4. The number of unbranched alkanes of at least 4 members (excludes halogenated alkanes) is 26. The number of rotatable bonds is 34. The maximum Gasteiger partial charge on any atom is 2.00 e. The van der Waals surface area contributed by atoms with Crippen molar-refractivity contribution in [1.29, 1.82) is 0 Å². The second-order valence-corrected chi connectivity index (χ2v) is 14.3. The van der Waals surface area contributed by atoms with Crippen LogP contribution in [-0.4, -0.2) is 35.0 Å². The van der Waals surface area contributed by atoms with Crippen molar-refractivity contribution in [3.63, 3.8) is 0 Å². The van der Waals surface area contributed by atoms with Gasteiger partial charge in [0.2, 0.25) is 0 Å². The number of carboxylic acid groups (broad SMARTS) is 2. The van der Waals surface area contributed by atoms with Crippen LogP contribution in [-0.2, 0) is 26.1 Å². The van der Waals surface area contributed by atoms with Gasteiger partial charge in [-0.1, -0.05) is 181 Å². The van der Waals surface area contributed by atoms with Crippen molar-refractivity contribution < 1.29 is 36.3 Å². The van der Waals surface area contributed by atoms with Crippen molar-refractivity contribution in [3.8, 4) is 0 Å². The van der Waals surface area contributed by atoms with E-state index in [0.29, 0.717) is 0 Å². The minimum Gasteiger partial charge on any atom is -0.549 e. The number of carbonyl (C=O) groups is 2. The SMILES string of the molecule is CCCCCCCCCCCCCCCCSCC(=O)[O-].CCCCCCCCCCCCCCCCSCC(=O)[O-].[Ni+2]. The van der Waals surface area contributed by atoms with Crippen LogP contribution in [0.25, 0.3) is 0 Å². The van der Waals surface area contributed by atoms with Crippen molar-refractivity contribution in [3.05, 3.63) is 0 Å². The zero-order chi connectivity index (χ0) is 31.2. The minimum atomic E-state index is -0.939. The molecule has 4 nitrogen and oxygen atoms in total. The molecular weight excluding hydrogens is 619 g/mol. The van der Waals surface area contributed by atoms with Crippen molar-refractivity contribution >= 4 is 35.5 Å². The summed E-state index contributed by atoms with van der Waals surface area (Å²) >= 11 is 2.97. The normalized spacial score (nSPS) is 10.7. The predicted octanol–water partition coefficient (Wildman–Crippen LogP) is 9.90. The monoisotopic (exact) mass is 688 g/mol. The van der Waals surface area contributed by atoms with E-state index in [1.807, 2.05) is 0 Å². The standard InChI is InChI=1S/2C18H36O2S.Ni/c2*1-2-3-4-5-6-7-8-9-10-11-12-13-14-15-16-21-17-18(19)20;/h2*2-17H2,1H3,(H,19,20);/q;;+2/p-2. The molecule has 0 aliphatic carbocycles. The largest absolute Gasteiger partial charge is 2.00 e. The summed E-state index contributed by atoms with van der Waals surface area (Å²) in [6.07, 6.45) is 38.3. The Labute approximate surface area is 287 Å². The van der Waals surface area contributed by atoms with E-state index in [1.165, 1.54) is 190 Å². The Balaban J connectivity index is -0.000000727. The van der Waals surface area contributed by atoms with Gasteiger partial charge in [0, 0.05) is 11.5 Å². The first kappa shape index (κ1) is 47.5. The fourth-order valence-corrected chi connectivity index (χ4v) is 6.55. The maximum absolute atomic E-state index is 10.2. The molecule has 0 aliphatic rings. The zero-order valence-corrected chi connectivity index (χ0v) is 31.0. The summed E-state index contributed by atoms with van der Waals surface area (Å²) in [4.78, 5) is 20.4. The van der Waals surface area contributed by atoms with Gasteiger partial charge in [-0.2, -0.15) is 23.5 Å². The summed E-state index contributed by atoms with van der Waals surface area (Å²) in [5.74, 6) is 0.352. The smallest absolute Gasteiger partial charge is 0.549 e. The van der Waals surface area contributed by atoms with Gasteiger partial charge in [-0.15, -0.1) is 0 Å². The fourth-order valence-electron chi connectivity index (χ4n) is 5.11. The van der Waals surface area contributed by atoms with E-state index < -0.39 is 11.9 Å². The quantitative estimate of drug-likeness (QED) is 0.0494. The molecule has 0 radical (unpaired) electrons.